The number of fused-ring (bicyclic) bond motifs is 1. The van der Waals surface area contributed by atoms with Crippen LogP contribution in [0.5, 0.6) is 5.75 Å². The summed E-state index contributed by atoms with van der Waals surface area (Å²) < 4.78 is 0. The normalized spacial score (nSPS) is 23.6. The Morgan fingerprint density at radius 1 is 1.09 bits per heavy atom. The molecule has 240 valence electrons. The Morgan fingerprint density at radius 3 is 2.42 bits per heavy atom. The summed E-state index contributed by atoms with van der Waals surface area (Å²) in [4.78, 5) is 46.3. The minimum absolute atomic E-state index is 0.00744. The smallest absolute Gasteiger partial charge is 0.249 e. The molecular formula is C30H48N6O7. The van der Waals surface area contributed by atoms with E-state index in [0.29, 0.717) is 50.6 Å². The van der Waals surface area contributed by atoms with Crippen molar-refractivity contribution >= 4 is 23.7 Å². The molecule has 1 aliphatic carbocycles. The second-order valence-corrected chi connectivity index (χ2v) is 12.2. The minimum Gasteiger partial charge on any atom is -0.508 e. The molecule has 13 nitrogen and oxygen atoms in total. The lowest BCUT2D eigenvalue weighted by Gasteiger charge is -2.38. The number of amides is 3. The van der Waals surface area contributed by atoms with E-state index < -0.39 is 48.1 Å². The number of phenols is 1. The van der Waals surface area contributed by atoms with Crippen LogP contribution in [0.25, 0.3) is 0 Å². The van der Waals surface area contributed by atoms with E-state index in [9.17, 15) is 34.8 Å². The van der Waals surface area contributed by atoms with E-state index >= 15 is 0 Å². The second-order valence-electron chi connectivity index (χ2n) is 12.2. The molecule has 2 aliphatic rings. The van der Waals surface area contributed by atoms with Crippen molar-refractivity contribution < 1.29 is 34.8 Å². The number of benzene rings is 1. The molecule has 0 spiro atoms. The highest BCUT2D eigenvalue weighted by Crippen LogP contribution is 2.40. The zero-order valence-corrected chi connectivity index (χ0v) is 25.1. The van der Waals surface area contributed by atoms with Crippen molar-refractivity contribution in [2.45, 2.75) is 102 Å². The van der Waals surface area contributed by atoms with Gasteiger partial charge in [-0.1, -0.05) is 26.0 Å². The van der Waals surface area contributed by atoms with Gasteiger partial charge in [-0.05, 0) is 74.5 Å². The van der Waals surface area contributed by atoms with Gasteiger partial charge in [-0.2, -0.15) is 0 Å². The predicted molar refractivity (Wildman–Crippen MR) is 161 cm³/mol. The van der Waals surface area contributed by atoms with E-state index in [1.54, 1.807) is 12.1 Å². The third-order valence-corrected chi connectivity index (χ3v) is 8.27. The first-order valence-electron chi connectivity index (χ1n) is 15.1. The molecule has 0 radical (unpaired) electrons. The number of hydrogen-bond acceptors (Lipinski definition) is 8. The number of hydrogen-bond donors (Lipinski definition) is 8. The monoisotopic (exact) mass is 604 g/mol. The average Bonchev–Trinajstić information content (AvgIpc) is 3.33. The van der Waals surface area contributed by atoms with Crippen molar-refractivity contribution in [2.75, 3.05) is 13.2 Å². The summed E-state index contributed by atoms with van der Waals surface area (Å²) in [5.41, 5.74) is 11.4. The summed E-state index contributed by atoms with van der Waals surface area (Å²) in [5, 5.41) is 46.1. The zero-order chi connectivity index (χ0) is 31.7. The third-order valence-electron chi connectivity index (χ3n) is 8.27. The molecule has 43 heavy (non-hydrogen) atoms. The predicted octanol–water partition coefficient (Wildman–Crippen LogP) is -0.512. The summed E-state index contributed by atoms with van der Waals surface area (Å²) in [6.07, 6.45) is 1.17. The first-order valence-corrected chi connectivity index (χ1v) is 15.1. The number of phenolic OH excluding ortho intramolecular Hbond substituents is 1. The molecule has 2 fully saturated rings. The fraction of sp³-hybridized carbons (Fsp3) is 0.667. The summed E-state index contributed by atoms with van der Waals surface area (Å²) in [6.45, 7) is 3.87. The fourth-order valence-electron chi connectivity index (χ4n) is 6.13. The molecular weight excluding hydrogens is 556 g/mol. The molecule has 10 N–H and O–H groups in total. The topological polar surface area (TPSA) is 224 Å². The standard InChI is InChI=1S/C30H48N6O7/c1-17(2)12-23(35-28(42)26(40)13-18-5-8-21(38)9-6-18)29(43)36-24-15-22(39)10-7-19(24)14-25(36)27(41)34-20(16-37)4-3-11-33-30(31)32/h5-6,8-9,17,19-20,22-26,37-40H,3-4,7,10-16H2,1-2H3,(H,34,41)(H,35,42)(H4,31,32,33)/t19-,20-,22+,23-,24-,25-,26+/m0/s1. The maximum absolute atomic E-state index is 14.2. The van der Waals surface area contributed by atoms with Gasteiger partial charge in [0.05, 0.1) is 18.8 Å². The van der Waals surface area contributed by atoms with Gasteiger partial charge in [-0.3, -0.25) is 19.4 Å². The van der Waals surface area contributed by atoms with Gasteiger partial charge in [0, 0.05) is 19.0 Å². The van der Waals surface area contributed by atoms with Gasteiger partial charge < -0.3 is 47.4 Å². The van der Waals surface area contributed by atoms with Gasteiger partial charge >= 0.3 is 0 Å². The summed E-state index contributed by atoms with van der Waals surface area (Å²) >= 11 is 0. The quantitative estimate of drug-likeness (QED) is 0.0776. The van der Waals surface area contributed by atoms with Gasteiger partial charge in [0.2, 0.25) is 17.7 Å². The number of aliphatic imine (C=N–C) groups is 1. The van der Waals surface area contributed by atoms with Crippen LogP contribution in [-0.4, -0.2) is 98.5 Å². The van der Waals surface area contributed by atoms with Crippen molar-refractivity contribution in [1.82, 2.24) is 15.5 Å². The van der Waals surface area contributed by atoms with Gasteiger partial charge in [0.1, 0.15) is 23.9 Å². The Labute approximate surface area is 252 Å². The number of carbonyl (C=O) groups excluding carboxylic acids is 3. The molecule has 1 heterocycles. The Bertz CT molecular complexity index is 1110. The van der Waals surface area contributed by atoms with Crippen LogP contribution in [0.15, 0.2) is 29.3 Å². The molecule has 0 unspecified atom stereocenters. The molecule has 0 bridgehead atoms. The highest BCUT2D eigenvalue weighted by atomic mass is 16.3. The molecule has 1 aliphatic heterocycles. The number of rotatable bonds is 14. The van der Waals surface area contributed by atoms with Crippen LogP contribution in [0.1, 0.15) is 64.4 Å². The zero-order valence-electron chi connectivity index (χ0n) is 25.1. The van der Waals surface area contributed by atoms with Crippen molar-refractivity contribution in [3.05, 3.63) is 29.8 Å². The van der Waals surface area contributed by atoms with Crippen LogP contribution in [-0.2, 0) is 20.8 Å². The first-order chi connectivity index (χ1) is 20.4. The Hall–Kier alpha value is -3.42. The highest BCUT2D eigenvalue weighted by Gasteiger charge is 2.50. The molecule has 1 saturated carbocycles. The number of aliphatic hydroxyl groups is 3. The first kappa shape index (κ1) is 34.1. The summed E-state index contributed by atoms with van der Waals surface area (Å²) in [7, 11) is 0. The Kier molecular flexibility index (Phi) is 12.6. The molecule has 1 saturated heterocycles. The average molecular weight is 605 g/mol. The van der Waals surface area contributed by atoms with Crippen molar-refractivity contribution in [2.24, 2.45) is 28.3 Å². The second kappa shape index (κ2) is 15.9. The fourth-order valence-corrected chi connectivity index (χ4v) is 6.13. The van der Waals surface area contributed by atoms with Crippen LogP contribution in [0.3, 0.4) is 0 Å². The van der Waals surface area contributed by atoms with E-state index in [2.05, 4.69) is 15.6 Å². The van der Waals surface area contributed by atoms with Gasteiger partial charge in [0.25, 0.3) is 0 Å². The molecule has 1 aromatic carbocycles. The lowest BCUT2D eigenvalue weighted by molar-refractivity contribution is -0.146. The van der Waals surface area contributed by atoms with Crippen LogP contribution in [0, 0.1) is 11.8 Å². The van der Waals surface area contributed by atoms with E-state index in [-0.39, 0.29) is 49.0 Å². The maximum Gasteiger partial charge on any atom is 0.249 e. The van der Waals surface area contributed by atoms with Crippen LogP contribution in [0.4, 0.5) is 0 Å². The number of carbonyl (C=O) groups is 3. The summed E-state index contributed by atoms with van der Waals surface area (Å²) in [6, 6.07) is 3.35. The maximum atomic E-state index is 14.2. The van der Waals surface area contributed by atoms with Crippen LogP contribution >= 0.6 is 0 Å². The lowest BCUT2D eigenvalue weighted by Crippen LogP contribution is -2.58. The molecule has 3 rings (SSSR count). The Balaban J connectivity index is 1.77. The third kappa shape index (κ3) is 9.80. The van der Waals surface area contributed by atoms with Gasteiger partial charge in [0.15, 0.2) is 5.96 Å². The van der Waals surface area contributed by atoms with E-state index in [1.807, 2.05) is 13.8 Å². The SMILES string of the molecule is CC(C)C[C@H](NC(=O)[C@H](O)Cc1ccc(O)cc1)C(=O)N1[C@H](C(=O)N[C@H](CO)CCCN=C(N)N)C[C@@H]2CC[C@@H](O)C[C@@H]21. The number of likely N-dealkylation sites (tertiary alicyclic amines) is 1. The Morgan fingerprint density at radius 2 is 1.79 bits per heavy atom. The van der Waals surface area contributed by atoms with Crippen molar-refractivity contribution in [3.8, 4) is 5.75 Å². The molecule has 3 amide bonds. The van der Waals surface area contributed by atoms with Crippen LogP contribution < -0.4 is 22.1 Å². The highest BCUT2D eigenvalue weighted by molar-refractivity contribution is 5.93. The molecule has 7 atom stereocenters. The lowest BCUT2D eigenvalue weighted by atomic mass is 9.83. The molecule has 1 aromatic rings. The number of aromatic hydroxyl groups is 1. The number of aliphatic hydroxyl groups excluding tert-OH is 3. The number of nitrogens with zero attached hydrogens (tertiary/aromatic N) is 2. The van der Waals surface area contributed by atoms with Crippen LogP contribution in [0.2, 0.25) is 0 Å². The van der Waals surface area contributed by atoms with Crippen molar-refractivity contribution in [3.63, 3.8) is 0 Å². The van der Waals surface area contributed by atoms with E-state index in [0.717, 1.165) is 0 Å². The van der Waals surface area contributed by atoms with E-state index in [1.165, 1.54) is 17.0 Å². The molecule has 0 aromatic heterocycles. The minimum atomic E-state index is -1.43. The summed E-state index contributed by atoms with van der Waals surface area (Å²) in [5.74, 6) is -1.51. The molecule has 13 heteroatoms. The van der Waals surface area contributed by atoms with Gasteiger partial charge in [-0.15, -0.1) is 0 Å². The van der Waals surface area contributed by atoms with Crippen molar-refractivity contribution in [1.29, 1.82) is 0 Å². The largest absolute Gasteiger partial charge is 0.508 e. The number of guanidine groups is 1. The van der Waals surface area contributed by atoms with E-state index in [4.69, 9.17) is 11.5 Å². The van der Waals surface area contributed by atoms with Gasteiger partial charge in [-0.25, -0.2) is 0 Å². The number of nitrogens with one attached hydrogen (secondary N) is 2. The number of nitrogens with two attached hydrogens (primary N) is 2.